The number of pyridine rings is 1. The first-order chi connectivity index (χ1) is 9.67. The van der Waals surface area contributed by atoms with Crippen molar-refractivity contribution in [3.63, 3.8) is 0 Å². The number of anilines is 1. The van der Waals surface area contributed by atoms with Crippen LogP contribution in [-0.2, 0) is 13.8 Å². The molecule has 0 N–H and O–H groups in total. The van der Waals surface area contributed by atoms with Crippen molar-refractivity contribution in [2.24, 2.45) is 5.92 Å². The van der Waals surface area contributed by atoms with Gasteiger partial charge in [-0.15, -0.1) is 0 Å². The summed E-state index contributed by atoms with van der Waals surface area (Å²) in [4.78, 5) is 27.3. The van der Waals surface area contributed by atoms with Crippen LogP contribution in [0.5, 0.6) is 0 Å². The summed E-state index contributed by atoms with van der Waals surface area (Å²) in [7, 11) is 1.51. The zero-order valence-corrected chi connectivity index (χ0v) is 12.6. The molecule has 8 nitrogen and oxygen atoms in total. The van der Waals surface area contributed by atoms with Gasteiger partial charge < -0.3 is 0 Å². The normalized spacial score (nSPS) is 19.0. The maximum Gasteiger partial charge on any atom is 0.290 e. The second-order valence-electron chi connectivity index (χ2n) is 4.87. The highest BCUT2D eigenvalue weighted by Gasteiger charge is 2.34. The maximum absolute atomic E-state index is 11.9. The summed E-state index contributed by atoms with van der Waals surface area (Å²) in [5.74, 6) is -0.695. The number of nitro groups is 1. The van der Waals surface area contributed by atoms with Gasteiger partial charge in [0.25, 0.3) is 5.69 Å². The summed E-state index contributed by atoms with van der Waals surface area (Å²) in [6, 6.07) is 1.44. The molecule has 1 saturated heterocycles. The van der Waals surface area contributed by atoms with Gasteiger partial charge in [0.2, 0.25) is 15.0 Å². The SMILES string of the molecule is Cc1cc(N2CC(CS(=O)(=O)Cl)CC2=O)ncc1[N+](=O)[O-]. The van der Waals surface area contributed by atoms with Crippen LogP contribution >= 0.6 is 10.7 Å². The molecule has 1 aromatic heterocycles. The fourth-order valence-corrected chi connectivity index (χ4v) is 3.59. The van der Waals surface area contributed by atoms with Crippen molar-refractivity contribution in [1.82, 2.24) is 4.98 Å². The number of halogens is 1. The van der Waals surface area contributed by atoms with Gasteiger partial charge >= 0.3 is 0 Å². The van der Waals surface area contributed by atoms with Crippen molar-refractivity contribution < 1.29 is 18.1 Å². The van der Waals surface area contributed by atoms with Crippen molar-refractivity contribution in [2.45, 2.75) is 13.3 Å². The molecule has 0 spiro atoms. The summed E-state index contributed by atoms with van der Waals surface area (Å²) < 4.78 is 22.1. The Labute approximate surface area is 125 Å². The van der Waals surface area contributed by atoms with Crippen molar-refractivity contribution in [2.75, 3.05) is 17.2 Å². The zero-order valence-electron chi connectivity index (χ0n) is 11.0. The fourth-order valence-electron chi connectivity index (χ4n) is 2.27. The molecule has 114 valence electrons. The van der Waals surface area contributed by atoms with E-state index in [1.165, 1.54) is 11.0 Å². The van der Waals surface area contributed by atoms with E-state index in [0.717, 1.165) is 6.20 Å². The van der Waals surface area contributed by atoms with Gasteiger partial charge in [0.15, 0.2) is 0 Å². The van der Waals surface area contributed by atoms with Crippen molar-refractivity contribution in [1.29, 1.82) is 0 Å². The first-order valence-electron chi connectivity index (χ1n) is 6.01. The maximum atomic E-state index is 11.9. The Balaban J connectivity index is 2.21. The molecule has 1 atom stereocenters. The number of nitrogens with zero attached hydrogens (tertiary/aromatic N) is 3. The number of aryl methyl sites for hydroxylation is 1. The Morgan fingerprint density at radius 1 is 1.57 bits per heavy atom. The molecule has 1 fully saturated rings. The lowest BCUT2D eigenvalue weighted by Gasteiger charge is -2.15. The minimum Gasteiger partial charge on any atom is -0.296 e. The fraction of sp³-hybridized carbons (Fsp3) is 0.455. The van der Waals surface area contributed by atoms with Crippen LogP contribution in [0.1, 0.15) is 12.0 Å². The quantitative estimate of drug-likeness (QED) is 0.465. The Hall–Kier alpha value is -1.74. The number of hydrogen-bond acceptors (Lipinski definition) is 6. The molecule has 1 unspecified atom stereocenters. The topological polar surface area (TPSA) is 110 Å². The predicted octanol–water partition coefficient (Wildman–Crippen LogP) is 1.22. The summed E-state index contributed by atoms with van der Waals surface area (Å²) in [5.41, 5.74) is 0.247. The summed E-state index contributed by atoms with van der Waals surface area (Å²) in [6.45, 7) is 1.72. The highest BCUT2D eigenvalue weighted by Crippen LogP contribution is 2.28. The highest BCUT2D eigenvalue weighted by molar-refractivity contribution is 8.13. The molecule has 10 heteroatoms. The average molecular weight is 334 g/mol. The van der Waals surface area contributed by atoms with E-state index in [2.05, 4.69) is 4.98 Å². The number of carbonyl (C=O) groups excluding carboxylic acids is 1. The van der Waals surface area contributed by atoms with Crippen LogP contribution in [0.25, 0.3) is 0 Å². The number of amides is 1. The monoisotopic (exact) mass is 333 g/mol. The molecular formula is C11H12ClN3O5S. The lowest BCUT2D eigenvalue weighted by molar-refractivity contribution is -0.385. The largest absolute Gasteiger partial charge is 0.296 e. The van der Waals surface area contributed by atoms with Gasteiger partial charge in [-0.2, -0.15) is 0 Å². The molecule has 0 bridgehead atoms. The molecule has 0 radical (unpaired) electrons. The Morgan fingerprint density at radius 3 is 2.76 bits per heavy atom. The van der Waals surface area contributed by atoms with E-state index in [1.807, 2.05) is 0 Å². The third-order valence-corrected chi connectivity index (χ3v) is 4.43. The smallest absolute Gasteiger partial charge is 0.290 e. The number of rotatable bonds is 4. The van der Waals surface area contributed by atoms with Crippen LogP contribution in [0.15, 0.2) is 12.3 Å². The van der Waals surface area contributed by atoms with E-state index in [4.69, 9.17) is 10.7 Å². The van der Waals surface area contributed by atoms with Gasteiger partial charge in [-0.05, 0) is 13.0 Å². The van der Waals surface area contributed by atoms with Gasteiger partial charge in [-0.25, -0.2) is 13.4 Å². The van der Waals surface area contributed by atoms with Crippen molar-refractivity contribution in [3.05, 3.63) is 27.9 Å². The second kappa shape index (κ2) is 5.57. The van der Waals surface area contributed by atoms with E-state index < -0.39 is 19.9 Å². The standard InChI is InChI=1S/C11H12ClN3O5S/c1-7-2-10(13-4-9(7)15(17)18)14-5-8(3-11(14)16)6-21(12,19)20/h2,4,8H,3,5-6H2,1H3. The van der Waals surface area contributed by atoms with E-state index in [1.54, 1.807) is 6.92 Å². The minimum absolute atomic E-state index is 0.0592. The van der Waals surface area contributed by atoms with E-state index in [9.17, 15) is 23.3 Å². The lowest BCUT2D eigenvalue weighted by atomic mass is 10.1. The predicted molar refractivity (Wildman–Crippen MR) is 75.7 cm³/mol. The average Bonchev–Trinajstić information content (AvgIpc) is 2.66. The van der Waals surface area contributed by atoms with Gasteiger partial charge in [0.05, 0.1) is 10.7 Å². The zero-order chi connectivity index (χ0) is 15.8. The van der Waals surface area contributed by atoms with Gasteiger partial charge in [-0.3, -0.25) is 19.8 Å². The van der Waals surface area contributed by atoms with Gasteiger partial charge in [-0.1, -0.05) is 0 Å². The van der Waals surface area contributed by atoms with Crippen LogP contribution in [0.2, 0.25) is 0 Å². The first kappa shape index (κ1) is 15.6. The number of aromatic nitrogens is 1. The molecule has 2 rings (SSSR count). The van der Waals surface area contributed by atoms with Gasteiger partial charge in [0, 0.05) is 35.1 Å². The number of carbonyl (C=O) groups is 1. The lowest BCUT2D eigenvalue weighted by Crippen LogP contribution is -2.26. The molecule has 21 heavy (non-hydrogen) atoms. The first-order valence-corrected chi connectivity index (χ1v) is 8.49. The van der Waals surface area contributed by atoms with Crippen LogP contribution < -0.4 is 4.90 Å². The summed E-state index contributed by atoms with van der Waals surface area (Å²) in [6.07, 6.45) is 1.15. The summed E-state index contributed by atoms with van der Waals surface area (Å²) in [5, 5.41) is 10.7. The summed E-state index contributed by atoms with van der Waals surface area (Å²) >= 11 is 0. The van der Waals surface area contributed by atoms with E-state index >= 15 is 0 Å². The molecule has 2 heterocycles. The Bertz CT molecular complexity index is 706. The van der Waals surface area contributed by atoms with Crippen molar-refractivity contribution in [3.8, 4) is 0 Å². The molecule has 0 aliphatic carbocycles. The van der Waals surface area contributed by atoms with Crippen LogP contribution in [0.3, 0.4) is 0 Å². The third kappa shape index (κ3) is 3.67. The van der Waals surface area contributed by atoms with Gasteiger partial charge in [0.1, 0.15) is 12.0 Å². The number of hydrogen-bond donors (Lipinski definition) is 0. The molecule has 1 amide bonds. The highest BCUT2D eigenvalue weighted by atomic mass is 35.7. The van der Waals surface area contributed by atoms with E-state index in [0.29, 0.717) is 5.56 Å². The second-order valence-corrected chi connectivity index (χ2v) is 7.69. The van der Waals surface area contributed by atoms with Crippen molar-refractivity contribution >= 4 is 37.1 Å². The molecule has 1 aromatic rings. The van der Waals surface area contributed by atoms with Crippen LogP contribution in [0, 0.1) is 23.0 Å². The Morgan fingerprint density at radius 2 is 2.24 bits per heavy atom. The molecule has 0 aromatic carbocycles. The minimum atomic E-state index is -3.68. The Kier molecular flexibility index (Phi) is 4.15. The molecular weight excluding hydrogens is 322 g/mol. The molecule has 1 aliphatic heterocycles. The van der Waals surface area contributed by atoms with E-state index in [-0.39, 0.29) is 36.1 Å². The van der Waals surface area contributed by atoms with Crippen LogP contribution in [0.4, 0.5) is 11.5 Å². The molecule has 1 aliphatic rings. The molecule has 0 saturated carbocycles. The third-order valence-electron chi connectivity index (χ3n) is 3.18. The van der Waals surface area contributed by atoms with Crippen LogP contribution in [-0.4, -0.2) is 36.5 Å².